The van der Waals surface area contributed by atoms with Gasteiger partial charge in [0.2, 0.25) is 17.1 Å². The molecule has 11 rings (SSSR count). The fraction of sp³-hybridized carbons (Fsp3) is 0.429. The highest BCUT2D eigenvalue weighted by Crippen LogP contribution is 2.25. The van der Waals surface area contributed by atoms with E-state index in [1.165, 1.54) is 48.0 Å². The number of carbonyl (C=O) groups excluding carboxylic acids is 3. The van der Waals surface area contributed by atoms with Gasteiger partial charge in [-0.25, -0.2) is 49.0 Å². The summed E-state index contributed by atoms with van der Waals surface area (Å²) in [7, 11) is 3.46. The normalized spacial score (nSPS) is 10.7. The first-order valence-corrected chi connectivity index (χ1v) is 31.2. The molecule has 0 aliphatic heterocycles. The molecule has 0 unspecified atom stereocenters. The van der Waals surface area contributed by atoms with E-state index < -0.39 is 32.7 Å². The Morgan fingerprint density at radius 2 is 0.918 bits per heavy atom. The number of halogens is 3. The number of alkyl halides is 1. The van der Waals surface area contributed by atoms with Crippen LogP contribution in [-0.2, 0) is 14.2 Å². The van der Waals surface area contributed by atoms with Crippen molar-refractivity contribution in [1.29, 1.82) is 0 Å². The van der Waals surface area contributed by atoms with E-state index in [1.54, 1.807) is 55.6 Å². The molecular formula is C56H72Cl2IN25O14. The maximum Gasteiger partial charge on any atom is 0.365 e. The molecule has 0 aliphatic carbocycles. The topological polar surface area (TPSA) is 487 Å². The molecule has 11 aromatic rings. The summed E-state index contributed by atoms with van der Waals surface area (Å²) in [5.74, 6) is -2.37. The van der Waals surface area contributed by atoms with Gasteiger partial charge in [0.25, 0.3) is 11.1 Å². The van der Waals surface area contributed by atoms with E-state index >= 15 is 0 Å². The summed E-state index contributed by atoms with van der Waals surface area (Å²) in [5, 5.41) is 62.1. The van der Waals surface area contributed by atoms with Gasteiger partial charge < -0.3 is 24.2 Å². The quantitative estimate of drug-likeness (QED) is 0.0195. The number of esters is 3. The van der Waals surface area contributed by atoms with Gasteiger partial charge in [-0.3, -0.25) is 68.4 Å². The molecule has 0 amide bonds. The van der Waals surface area contributed by atoms with Crippen molar-refractivity contribution < 1.29 is 43.4 Å². The maximum absolute atomic E-state index is 11.4. The van der Waals surface area contributed by atoms with Crippen LogP contribution < -0.4 is 11.1 Å². The Morgan fingerprint density at radius 3 is 1.39 bits per heavy atom. The number of nitrogens with one attached hydrogen (secondary N) is 3. The molecule has 0 bridgehead atoms. The molecular weight excluding hydrogens is 1440 g/mol. The molecule has 42 heteroatoms. The van der Waals surface area contributed by atoms with Crippen LogP contribution in [0, 0.1) is 30.3 Å². The van der Waals surface area contributed by atoms with E-state index in [9.17, 15) is 54.3 Å². The van der Waals surface area contributed by atoms with Crippen LogP contribution in [0.2, 0.25) is 10.3 Å². The van der Waals surface area contributed by atoms with E-state index in [0.29, 0.717) is 43.9 Å². The fourth-order valence-electron chi connectivity index (χ4n) is 7.62. The second-order valence-corrected chi connectivity index (χ2v) is 24.9. The van der Waals surface area contributed by atoms with Crippen LogP contribution in [-0.4, -0.2) is 167 Å². The van der Waals surface area contributed by atoms with Crippen molar-refractivity contribution in [2.24, 2.45) is 0 Å². The SMILES string of the molecule is CC(C)I.CC(C)n1cc2nc[nH]c(=O)c2n1.CC(C)n1cc2ncnc(Cl)c2n1.CC(C)n1ncc2nc[nH]c(=O)c21.CC(C)n1ncc2ncnc(Cl)c21.COC(=O)c1[nH]ncc1[N+](=O)[O-].COC(=O)c1c([N+](=O)[O-])cnn1C(C)C.COC(=O)c1nn(C(C)C)cc1[N+](=O)[O-]. The van der Waals surface area contributed by atoms with Gasteiger partial charge >= 0.3 is 35.0 Å². The van der Waals surface area contributed by atoms with Gasteiger partial charge in [-0.15, -0.1) is 0 Å². The largest absolute Gasteiger partial charge is 0.464 e. The molecule has 11 heterocycles. The Kier molecular flexibility index (Phi) is 30.1. The Labute approximate surface area is 579 Å². The zero-order valence-corrected chi connectivity index (χ0v) is 59.7. The number of hydrogen-bond acceptors (Lipinski definition) is 27. The van der Waals surface area contributed by atoms with Crippen LogP contribution in [0.5, 0.6) is 0 Å². The van der Waals surface area contributed by atoms with Crippen LogP contribution in [0.15, 0.2) is 78.3 Å². The van der Waals surface area contributed by atoms with Gasteiger partial charge in [0.15, 0.2) is 21.3 Å². The highest BCUT2D eigenvalue weighted by molar-refractivity contribution is 14.1. The Hall–Kier alpha value is -10.6. The number of hydrogen-bond donors (Lipinski definition) is 3. The molecule has 0 saturated carbocycles. The molecule has 0 spiro atoms. The Morgan fingerprint density at radius 1 is 0.490 bits per heavy atom. The van der Waals surface area contributed by atoms with E-state index in [2.05, 4.69) is 131 Å². The number of aromatic amines is 3. The molecule has 0 saturated heterocycles. The number of nitro groups is 3. The molecule has 0 radical (unpaired) electrons. The van der Waals surface area contributed by atoms with Gasteiger partial charge in [0.1, 0.15) is 64.3 Å². The second kappa shape index (κ2) is 37.0. The minimum absolute atomic E-state index is 0.0536. The summed E-state index contributed by atoms with van der Waals surface area (Å²) in [6, 6.07) is 0.789. The summed E-state index contributed by atoms with van der Waals surface area (Å²) in [4.78, 5) is 114. The van der Waals surface area contributed by atoms with Crippen molar-refractivity contribution in [3.8, 4) is 0 Å². The van der Waals surface area contributed by atoms with Crippen molar-refractivity contribution in [2.45, 2.75) is 137 Å². The third-order valence-corrected chi connectivity index (χ3v) is 12.8. The average Bonchev–Trinajstić information content (AvgIpc) is 1.69. The number of H-pyrrole nitrogens is 3. The summed E-state index contributed by atoms with van der Waals surface area (Å²) in [6.45, 7) is 27.6. The van der Waals surface area contributed by atoms with Crippen molar-refractivity contribution in [2.75, 3.05) is 21.3 Å². The average molecular weight is 1520 g/mol. The lowest BCUT2D eigenvalue weighted by atomic mass is 10.3. The highest BCUT2D eigenvalue weighted by Gasteiger charge is 2.29. The first-order chi connectivity index (χ1) is 46.1. The first kappa shape index (κ1) is 79.8. The molecule has 0 fully saturated rings. The van der Waals surface area contributed by atoms with E-state index in [0.717, 1.165) is 47.1 Å². The molecule has 0 atom stereocenters. The summed E-state index contributed by atoms with van der Waals surface area (Å²) >= 11 is 14.1. The van der Waals surface area contributed by atoms with Gasteiger partial charge in [-0.2, -0.15) is 35.7 Å². The van der Waals surface area contributed by atoms with Gasteiger partial charge in [0.05, 0.1) is 73.5 Å². The van der Waals surface area contributed by atoms with Gasteiger partial charge in [-0.05, 0) is 83.1 Å². The predicted octanol–water partition coefficient (Wildman–Crippen LogP) is 9.77. The lowest BCUT2D eigenvalue weighted by Gasteiger charge is -2.07. The van der Waals surface area contributed by atoms with Gasteiger partial charge in [-0.1, -0.05) is 59.6 Å². The second-order valence-electron chi connectivity index (χ2n) is 21.7. The molecule has 526 valence electrons. The smallest absolute Gasteiger partial charge is 0.365 e. The lowest BCUT2D eigenvalue weighted by Crippen LogP contribution is -2.15. The number of carbonyl (C=O) groups is 3. The molecule has 3 N–H and O–H groups in total. The summed E-state index contributed by atoms with van der Waals surface area (Å²) in [5.41, 5.74) is 3.22. The van der Waals surface area contributed by atoms with Crippen LogP contribution in [0.4, 0.5) is 17.1 Å². The molecule has 11 aromatic heterocycles. The number of ether oxygens (including phenoxy) is 3. The first-order valence-electron chi connectivity index (χ1n) is 29.2. The minimum Gasteiger partial charge on any atom is -0.464 e. The number of aromatic nitrogens is 22. The fourth-order valence-corrected chi connectivity index (χ4v) is 8.02. The number of nitrogens with zero attached hydrogens (tertiary/aromatic N) is 22. The predicted molar refractivity (Wildman–Crippen MR) is 365 cm³/mol. The van der Waals surface area contributed by atoms with Crippen LogP contribution in [0.25, 0.3) is 44.1 Å². The standard InChI is InChI=1S/2C8H9ClN4.2C8H10N4O.2C8H11N3O4.C5H5N3O4.C3H7I/c1-5(2)13-3-6-7(12-13)8(9)11-4-10-6;1-5(2)13-7-6(3-12-13)10-4-11-8(7)9;1-5(2)12-3-6-7(11-12)8(13)10-4-9-6;1-5(2)12-7-6(3-11-12)9-4-10-8(7)13;1-5(2)10-4-6(11(13)14)7(9-10)8(12)15-3;1-5(2)10-7(8(12)15-3)6(4-9-10)11(13)14;1-12-5(9)4-3(8(10)11)2-6-7-4;1-3(2)4/h2*3-5H,1-2H3;2*3-5H,1-2H3,(H,9,10,13);2*4-5H,1-3H3;2H,1H3,(H,6,7);3H,1-2H3. The Balaban J connectivity index is 0.000000241. The van der Waals surface area contributed by atoms with Crippen molar-refractivity contribution in [3.05, 3.63) is 147 Å². The summed E-state index contributed by atoms with van der Waals surface area (Å²) in [6.07, 6.45) is 15.8. The maximum atomic E-state index is 11.4. The third kappa shape index (κ3) is 21.4. The van der Waals surface area contributed by atoms with Crippen LogP contribution >= 0.6 is 45.8 Å². The van der Waals surface area contributed by atoms with Crippen molar-refractivity contribution >= 4 is 125 Å². The van der Waals surface area contributed by atoms with E-state index in [1.807, 2.05) is 71.0 Å². The van der Waals surface area contributed by atoms with E-state index in [4.69, 9.17) is 23.2 Å². The lowest BCUT2D eigenvalue weighted by molar-refractivity contribution is -0.385. The summed E-state index contributed by atoms with van der Waals surface area (Å²) < 4.78 is 23.6. The molecule has 0 aliphatic rings. The monoisotopic (exact) mass is 1520 g/mol. The van der Waals surface area contributed by atoms with Crippen LogP contribution in [0.3, 0.4) is 0 Å². The zero-order chi connectivity index (χ0) is 73.6. The minimum atomic E-state index is -0.806. The molecule has 0 aromatic carbocycles. The van der Waals surface area contributed by atoms with Crippen molar-refractivity contribution in [3.63, 3.8) is 0 Å². The molecule has 98 heavy (non-hydrogen) atoms. The zero-order valence-electron chi connectivity index (χ0n) is 56.1. The number of methoxy groups -OCH3 is 3. The number of rotatable bonds is 12. The Bertz CT molecular complexity index is 4590. The van der Waals surface area contributed by atoms with E-state index in [-0.39, 0.29) is 75.5 Å². The number of fused-ring (bicyclic) bond motifs is 4. The third-order valence-electron chi connectivity index (χ3n) is 12.2. The van der Waals surface area contributed by atoms with Crippen molar-refractivity contribution in [1.82, 2.24) is 109 Å². The van der Waals surface area contributed by atoms with Gasteiger partial charge in [0, 0.05) is 40.2 Å². The molecule has 39 nitrogen and oxygen atoms in total. The highest BCUT2D eigenvalue weighted by atomic mass is 127. The van der Waals surface area contributed by atoms with Crippen LogP contribution in [0.1, 0.15) is 165 Å².